The third-order valence-electron chi connectivity index (χ3n) is 3.63. The first-order chi connectivity index (χ1) is 12.0. The van der Waals surface area contributed by atoms with E-state index in [0.29, 0.717) is 16.8 Å². The third-order valence-corrected chi connectivity index (χ3v) is 3.96. The third kappa shape index (κ3) is 4.39. The SMILES string of the molecule is Cc1cc(Nc2ccccc2Cl)nc(Nc2ccc(N(C)C)cc2)n1. The molecule has 0 radical (unpaired) electrons. The van der Waals surface area contributed by atoms with Crippen LogP contribution in [-0.2, 0) is 0 Å². The smallest absolute Gasteiger partial charge is 0.229 e. The predicted octanol–water partition coefficient (Wildman–Crippen LogP) is 4.99. The van der Waals surface area contributed by atoms with Crippen LogP contribution in [0, 0.1) is 6.92 Å². The Balaban J connectivity index is 1.80. The number of nitrogens with one attached hydrogen (secondary N) is 2. The lowest BCUT2D eigenvalue weighted by molar-refractivity contribution is 1.11. The summed E-state index contributed by atoms with van der Waals surface area (Å²) in [6.07, 6.45) is 0. The monoisotopic (exact) mass is 353 g/mol. The number of anilines is 5. The van der Waals surface area contributed by atoms with Crippen molar-refractivity contribution in [2.75, 3.05) is 29.6 Å². The second kappa shape index (κ2) is 7.40. The molecule has 0 saturated carbocycles. The molecule has 0 fully saturated rings. The molecule has 3 rings (SSSR count). The summed E-state index contributed by atoms with van der Waals surface area (Å²) >= 11 is 6.20. The van der Waals surface area contributed by atoms with Gasteiger partial charge in [0.2, 0.25) is 5.95 Å². The van der Waals surface area contributed by atoms with Crippen LogP contribution in [0.2, 0.25) is 5.02 Å². The van der Waals surface area contributed by atoms with Crippen molar-refractivity contribution in [3.8, 4) is 0 Å². The molecule has 0 bridgehead atoms. The lowest BCUT2D eigenvalue weighted by Gasteiger charge is -2.14. The number of benzene rings is 2. The molecule has 0 saturated heterocycles. The Morgan fingerprint density at radius 3 is 2.32 bits per heavy atom. The van der Waals surface area contributed by atoms with Crippen molar-refractivity contribution in [3.05, 3.63) is 65.3 Å². The second-order valence-corrected chi connectivity index (χ2v) is 6.30. The maximum absolute atomic E-state index is 6.20. The number of hydrogen-bond donors (Lipinski definition) is 2. The molecule has 5 nitrogen and oxygen atoms in total. The number of aromatic nitrogens is 2. The van der Waals surface area contributed by atoms with Gasteiger partial charge in [-0.25, -0.2) is 4.98 Å². The lowest BCUT2D eigenvalue weighted by atomic mass is 10.2. The van der Waals surface area contributed by atoms with E-state index in [1.165, 1.54) is 0 Å². The van der Waals surface area contributed by atoms with Gasteiger partial charge in [0.25, 0.3) is 0 Å². The first kappa shape index (κ1) is 17.0. The molecule has 25 heavy (non-hydrogen) atoms. The molecule has 0 amide bonds. The van der Waals surface area contributed by atoms with Gasteiger partial charge >= 0.3 is 0 Å². The van der Waals surface area contributed by atoms with Crippen molar-refractivity contribution in [2.24, 2.45) is 0 Å². The maximum Gasteiger partial charge on any atom is 0.229 e. The van der Waals surface area contributed by atoms with Gasteiger partial charge in [0, 0.05) is 37.2 Å². The van der Waals surface area contributed by atoms with Crippen LogP contribution >= 0.6 is 11.6 Å². The van der Waals surface area contributed by atoms with Crippen molar-refractivity contribution in [1.82, 2.24) is 9.97 Å². The normalized spacial score (nSPS) is 10.4. The van der Waals surface area contributed by atoms with Crippen LogP contribution in [0.5, 0.6) is 0 Å². The number of para-hydroxylation sites is 1. The minimum absolute atomic E-state index is 0.534. The van der Waals surface area contributed by atoms with Gasteiger partial charge in [-0.15, -0.1) is 0 Å². The highest BCUT2D eigenvalue weighted by Crippen LogP contribution is 2.25. The molecule has 6 heteroatoms. The highest BCUT2D eigenvalue weighted by molar-refractivity contribution is 6.33. The standard InChI is InChI=1S/C19H20ClN5/c1-13-12-18(23-17-7-5-4-6-16(17)20)24-19(21-13)22-14-8-10-15(11-9-14)25(2)3/h4-12H,1-3H3,(H2,21,22,23,24). The molecule has 1 aromatic heterocycles. The largest absolute Gasteiger partial charge is 0.378 e. The van der Waals surface area contributed by atoms with Crippen molar-refractivity contribution < 1.29 is 0 Å². The van der Waals surface area contributed by atoms with E-state index < -0.39 is 0 Å². The zero-order valence-corrected chi connectivity index (χ0v) is 15.2. The quantitative estimate of drug-likeness (QED) is 0.676. The summed E-state index contributed by atoms with van der Waals surface area (Å²) < 4.78 is 0. The van der Waals surface area contributed by atoms with Crippen molar-refractivity contribution in [2.45, 2.75) is 6.92 Å². The Labute approximate surface area is 152 Å². The summed E-state index contributed by atoms with van der Waals surface area (Å²) in [6, 6.07) is 17.5. The van der Waals surface area contributed by atoms with Gasteiger partial charge in [-0.3, -0.25) is 0 Å². The van der Waals surface area contributed by atoms with Crippen molar-refractivity contribution in [1.29, 1.82) is 0 Å². The van der Waals surface area contributed by atoms with Gasteiger partial charge in [-0.1, -0.05) is 23.7 Å². The summed E-state index contributed by atoms with van der Waals surface area (Å²) in [5.41, 5.74) is 3.73. The van der Waals surface area contributed by atoms with E-state index in [-0.39, 0.29) is 0 Å². The summed E-state index contributed by atoms with van der Waals surface area (Å²) in [5.74, 6) is 1.22. The molecule has 0 aliphatic rings. The number of halogens is 1. The molecule has 3 aromatic rings. The Hall–Kier alpha value is -2.79. The minimum Gasteiger partial charge on any atom is -0.378 e. The Morgan fingerprint density at radius 1 is 0.920 bits per heavy atom. The van der Waals surface area contributed by atoms with Crippen LogP contribution in [0.25, 0.3) is 0 Å². The first-order valence-corrected chi connectivity index (χ1v) is 8.31. The summed E-state index contributed by atoms with van der Waals surface area (Å²) in [4.78, 5) is 11.0. The lowest BCUT2D eigenvalue weighted by Crippen LogP contribution is -2.08. The van der Waals surface area contributed by atoms with Gasteiger partial charge < -0.3 is 15.5 Å². The average molecular weight is 354 g/mol. The van der Waals surface area contributed by atoms with Gasteiger partial charge in [-0.2, -0.15) is 4.98 Å². The van der Waals surface area contributed by atoms with Gasteiger partial charge in [0.1, 0.15) is 5.82 Å². The maximum atomic E-state index is 6.20. The molecule has 0 spiro atoms. The molecule has 0 unspecified atom stereocenters. The molecule has 2 N–H and O–H groups in total. The molecule has 2 aromatic carbocycles. The van der Waals surface area contributed by atoms with E-state index in [4.69, 9.17) is 11.6 Å². The number of rotatable bonds is 5. The number of hydrogen-bond acceptors (Lipinski definition) is 5. The zero-order chi connectivity index (χ0) is 17.8. The highest BCUT2D eigenvalue weighted by atomic mass is 35.5. The van der Waals surface area contributed by atoms with Crippen molar-refractivity contribution >= 4 is 40.4 Å². The Kier molecular flexibility index (Phi) is 5.05. The predicted molar refractivity (Wildman–Crippen MR) is 106 cm³/mol. The number of nitrogens with zero attached hydrogens (tertiary/aromatic N) is 3. The van der Waals surface area contributed by atoms with Crippen LogP contribution in [0.15, 0.2) is 54.6 Å². The number of aryl methyl sites for hydroxylation is 1. The van der Waals surface area contributed by atoms with Crippen LogP contribution in [0.3, 0.4) is 0 Å². The fraction of sp³-hybridized carbons (Fsp3) is 0.158. The van der Waals surface area contributed by atoms with E-state index in [9.17, 15) is 0 Å². The molecule has 0 aliphatic carbocycles. The van der Waals surface area contributed by atoms with Gasteiger partial charge in [0.05, 0.1) is 10.7 Å². The molecular weight excluding hydrogens is 334 g/mol. The zero-order valence-electron chi connectivity index (χ0n) is 14.4. The van der Waals surface area contributed by atoms with Crippen LogP contribution in [0.1, 0.15) is 5.69 Å². The van der Waals surface area contributed by atoms with Gasteiger partial charge in [0.15, 0.2) is 0 Å². The van der Waals surface area contributed by atoms with Crippen molar-refractivity contribution in [3.63, 3.8) is 0 Å². The Bertz CT molecular complexity index is 862. The average Bonchev–Trinajstić information content (AvgIpc) is 2.57. The van der Waals surface area contributed by atoms with Crippen LogP contribution in [0.4, 0.5) is 28.8 Å². The summed E-state index contributed by atoms with van der Waals surface area (Å²) in [5, 5.41) is 7.12. The summed E-state index contributed by atoms with van der Waals surface area (Å²) in [7, 11) is 4.03. The highest BCUT2D eigenvalue weighted by Gasteiger charge is 2.06. The van der Waals surface area contributed by atoms with E-state index in [1.807, 2.05) is 75.6 Å². The molecule has 128 valence electrons. The molecule has 0 aliphatic heterocycles. The fourth-order valence-electron chi connectivity index (χ4n) is 2.36. The fourth-order valence-corrected chi connectivity index (χ4v) is 2.54. The van der Waals surface area contributed by atoms with E-state index in [2.05, 4.69) is 25.5 Å². The molecule has 0 atom stereocenters. The molecule has 1 heterocycles. The second-order valence-electron chi connectivity index (χ2n) is 5.89. The van der Waals surface area contributed by atoms with E-state index in [0.717, 1.165) is 22.8 Å². The van der Waals surface area contributed by atoms with Crippen LogP contribution < -0.4 is 15.5 Å². The van der Waals surface area contributed by atoms with Gasteiger partial charge in [-0.05, 0) is 43.3 Å². The van der Waals surface area contributed by atoms with E-state index in [1.54, 1.807) is 0 Å². The topological polar surface area (TPSA) is 53.1 Å². The summed E-state index contributed by atoms with van der Waals surface area (Å²) in [6.45, 7) is 1.93. The Morgan fingerprint density at radius 2 is 1.64 bits per heavy atom. The van der Waals surface area contributed by atoms with Crippen LogP contribution in [-0.4, -0.2) is 24.1 Å². The minimum atomic E-state index is 0.534. The molecular formula is C19H20ClN5. The van der Waals surface area contributed by atoms with E-state index >= 15 is 0 Å². The first-order valence-electron chi connectivity index (χ1n) is 7.93.